The van der Waals surface area contributed by atoms with Gasteiger partial charge in [0, 0.05) is 23.2 Å². The van der Waals surface area contributed by atoms with Crippen LogP contribution in [0.1, 0.15) is 24.2 Å². The number of rotatable bonds is 5. The molecule has 25 heavy (non-hydrogen) atoms. The van der Waals surface area contributed by atoms with Gasteiger partial charge >= 0.3 is 0 Å². The molecule has 0 unspecified atom stereocenters. The summed E-state index contributed by atoms with van der Waals surface area (Å²) >= 11 is 12.0. The summed E-state index contributed by atoms with van der Waals surface area (Å²) in [5, 5.41) is 3.37. The van der Waals surface area contributed by atoms with Crippen LogP contribution in [0.5, 0.6) is 0 Å². The normalized spacial score (nSPS) is 10.2. The van der Waals surface area contributed by atoms with Crippen molar-refractivity contribution in [2.24, 2.45) is 0 Å². The highest BCUT2D eigenvalue weighted by Crippen LogP contribution is 2.29. The van der Waals surface area contributed by atoms with Gasteiger partial charge in [0.15, 0.2) is 5.78 Å². The van der Waals surface area contributed by atoms with Crippen LogP contribution in [0.25, 0.3) is 0 Å². The highest BCUT2D eigenvalue weighted by atomic mass is 35.5. The fourth-order valence-corrected chi connectivity index (χ4v) is 2.74. The Balaban J connectivity index is 2.17. The third kappa shape index (κ3) is 5.05. The molecule has 2 rings (SSSR count). The molecule has 5 nitrogen and oxygen atoms in total. The first kappa shape index (κ1) is 19.0. The maximum atomic E-state index is 12.3. The van der Waals surface area contributed by atoms with E-state index in [4.69, 9.17) is 23.2 Å². The van der Waals surface area contributed by atoms with Crippen molar-refractivity contribution in [3.8, 4) is 0 Å². The molecular weight excluding hydrogens is 363 g/mol. The molecule has 2 amide bonds. The summed E-state index contributed by atoms with van der Waals surface area (Å²) in [6.07, 6.45) is 0. The molecule has 0 saturated heterocycles. The van der Waals surface area contributed by atoms with Gasteiger partial charge in [0.1, 0.15) is 6.54 Å². The average Bonchev–Trinajstić information content (AvgIpc) is 2.53. The van der Waals surface area contributed by atoms with Crippen LogP contribution in [0.3, 0.4) is 0 Å². The number of carbonyl (C=O) groups excluding carboxylic acids is 3. The second kappa shape index (κ2) is 8.14. The van der Waals surface area contributed by atoms with Gasteiger partial charge < -0.3 is 10.2 Å². The van der Waals surface area contributed by atoms with E-state index in [1.807, 2.05) is 0 Å². The van der Waals surface area contributed by atoms with Crippen molar-refractivity contribution in [3.63, 3.8) is 0 Å². The van der Waals surface area contributed by atoms with Crippen molar-refractivity contribution in [2.75, 3.05) is 16.8 Å². The summed E-state index contributed by atoms with van der Waals surface area (Å²) in [7, 11) is 0. The number of halogens is 2. The van der Waals surface area contributed by atoms with Gasteiger partial charge in [-0.2, -0.15) is 0 Å². The minimum absolute atomic E-state index is 0.102. The van der Waals surface area contributed by atoms with E-state index in [2.05, 4.69) is 5.32 Å². The van der Waals surface area contributed by atoms with Gasteiger partial charge in [0.05, 0.1) is 10.7 Å². The van der Waals surface area contributed by atoms with Gasteiger partial charge in [-0.15, -0.1) is 0 Å². The van der Waals surface area contributed by atoms with Crippen molar-refractivity contribution in [3.05, 3.63) is 58.1 Å². The van der Waals surface area contributed by atoms with Gasteiger partial charge in [-0.3, -0.25) is 14.4 Å². The number of anilines is 2. The number of nitrogens with zero attached hydrogens (tertiary/aromatic N) is 1. The highest BCUT2D eigenvalue weighted by Gasteiger charge is 2.18. The third-order valence-electron chi connectivity index (χ3n) is 3.44. The lowest BCUT2D eigenvalue weighted by molar-refractivity contribution is -0.120. The van der Waals surface area contributed by atoms with E-state index >= 15 is 0 Å². The first-order chi connectivity index (χ1) is 11.8. The molecule has 7 heteroatoms. The van der Waals surface area contributed by atoms with E-state index in [0.717, 1.165) is 0 Å². The van der Waals surface area contributed by atoms with E-state index in [-0.39, 0.29) is 23.3 Å². The molecular formula is C18H16Cl2N2O3. The molecule has 0 aliphatic carbocycles. The van der Waals surface area contributed by atoms with E-state index in [1.54, 1.807) is 36.4 Å². The first-order valence-corrected chi connectivity index (χ1v) is 8.17. The minimum atomic E-state index is -0.415. The zero-order valence-electron chi connectivity index (χ0n) is 13.7. The molecule has 0 heterocycles. The molecule has 0 aliphatic rings. The van der Waals surface area contributed by atoms with Gasteiger partial charge in [0.25, 0.3) is 0 Å². The van der Waals surface area contributed by atoms with E-state index in [0.29, 0.717) is 22.0 Å². The summed E-state index contributed by atoms with van der Waals surface area (Å²) in [6, 6.07) is 11.2. The Morgan fingerprint density at radius 2 is 1.76 bits per heavy atom. The smallest absolute Gasteiger partial charge is 0.244 e. The van der Waals surface area contributed by atoms with Gasteiger partial charge in [-0.05, 0) is 37.3 Å². The summed E-state index contributed by atoms with van der Waals surface area (Å²) in [6.45, 7) is 2.57. The van der Waals surface area contributed by atoms with Crippen LogP contribution >= 0.6 is 23.2 Å². The SMILES string of the molecule is CC(=O)c1cccc(NC(=O)CN(C(C)=O)c2ccc(Cl)cc2Cl)c1. The highest BCUT2D eigenvalue weighted by molar-refractivity contribution is 6.36. The maximum Gasteiger partial charge on any atom is 0.244 e. The number of amides is 2. The molecule has 0 fully saturated rings. The van der Waals surface area contributed by atoms with E-state index in [9.17, 15) is 14.4 Å². The quantitative estimate of drug-likeness (QED) is 0.793. The number of nitrogens with one attached hydrogen (secondary N) is 1. The van der Waals surface area contributed by atoms with Crippen LogP contribution in [0, 0.1) is 0 Å². The first-order valence-electron chi connectivity index (χ1n) is 7.42. The monoisotopic (exact) mass is 378 g/mol. The molecule has 0 saturated carbocycles. The summed E-state index contributed by atoms with van der Waals surface area (Å²) < 4.78 is 0. The second-order valence-electron chi connectivity index (χ2n) is 5.39. The Morgan fingerprint density at radius 3 is 2.36 bits per heavy atom. The van der Waals surface area contributed by atoms with Crippen LogP contribution in [0.2, 0.25) is 10.0 Å². The fourth-order valence-electron chi connectivity index (χ4n) is 2.23. The molecule has 0 spiro atoms. The lowest BCUT2D eigenvalue weighted by Gasteiger charge is -2.22. The predicted molar refractivity (Wildman–Crippen MR) is 99.6 cm³/mol. The standard InChI is InChI=1S/C18H16Cl2N2O3/c1-11(23)13-4-3-5-15(8-13)21-18(25)10-22(12(2)24)17-7-6-14(19)9-16(17)20/h3-9H,10H2,1-2H3,(H,21,25). The van der Waals surface area contributed by atoms with Crippen LogP contribution in [0.4, 0.5) is 11.4 Å². The number of hydrogen-bond donors (Lipinski definition) is 1. The number of carbonyl (C=O) groups is 3. The second-order valence-corrected chi connectivity index (χ2v) is 6.23. The molecule has 2 aromatic rings. The van der Waals surface area contributed by atoms with E-state index < -0.39 is 5.91 Å². The maximum absolute atomic E-state index is 12.3. The Morgan fingerprint density at radius 1 is 1.04 bits per heavy atom. The summed E-state index contributed by atoms with van der Waals surface area (Å²) in [5.74, 6) is -0.854. The van der Waals surface area contributed by atoms with Crippen LogP contribution in [-0.2, 0) is 9.59 Å². The topological polar surface area (TPSA) is 66.5 Å². The van der Waals surface area contributed by atoms with Crippen molar-refractivity contribution < 1.29 is 14.4 Å². The van der Waals surface area contributed by atoms with E-state index in [1.165, 1.54) is 24.8 Å². The summed E-state index contributed by atoms with van der Waals surface area (Å²) in [5.41, 5.74) is 1.36. The van der Waals surface area contributed by atoms with Crippen LogP contribution in [-0.4, -0.2) is 24.1 Å². The van der Waals surface area contributed by atoms with Crippen molar-refractivity contribution in [1.82, 2.24) is 0 Å². The molecule has 1 N–H and O–H groups in total. The summed E-state index contributed by atoms with van der Waals surface area (Å²) in [4.78, 5) is 36.9. The Bertz CT molecular complexity index is 837. The zero-order chi connectivity index (χ0) is 18.6. The van der Waals surface area contributed by atoms with Crippen molar-refractivity contribution in [2.45, 2.75) is 13.8 Å². The van der Waals surface area contributed by atoms with Gasteiger partial charge in [-0.1, -0.05) is 35.3 Å². The van der Waals surface area contributed by atoms with Gasteiger partial charge in [0.2, 0.25) is 11.8 Å². The largest absolute Gasteiger partial charge is 0.325 e. The predicted octanol–water partition coefficient (Wildman–Crippen LogP) is 4.19. The Hall–Kier alpha value is -2.37. The molecule has 0 aromatic heterocycles. The average molecular weight is 379 g/mol. The van der Waals surface area contributed by atoms with Gasteiger partial charge in [-0.25, -0.2) is 0 Å². The number of ketones is 1. The molecule has 0 bridgehead atoms. The zero-order valence-corrected chi connectivity index (χ0v) is 15.2. The Labute approximate surface area is 155 Å². The van der Waals surface area contributed by atoms with Crippen LogP contribution < -0.4 is 10.2 Å². The molecule has 130 valence electrons. The number of Topliss-reactive ketones (excluding diaryl/α,β-unsaturated/α-hetero) is 1. The Kier molecular flexibility index (Phi) is 6.17. The molecule has 0 radical (unpaired) electrons. The minimum Gasteiger partial charge on any atom is -0.325 e. The van der Waals surface area contributed by atoms with Crippen LogP contribution in [0.15, 0.2) is 42.5 Å². The molecule has 0 atom stereocenters. The fraction of sp³-hybridized carbons (Fsp3) is 0.167. The van der Waals surface area contributed by atoms with Crippen molar-refractivity contribution >= 4 is 52.2 Å². The lowest BCUT2D eigenvalue weighted by atomic mass is 10.1. The third-order valence-corrected chi connectivity index (χ3v) is 3.97. The molecule has 2 aromatic carbocycles. The lowest BCUT2D eigenvalue weighted by Crippen LogP contribution is -2.36. The number of benzene rings is 2. The number of hydrogen-bond acceptors (Lipinski definition) is 3. The van der Waals surface area contributed by atoms with Crippen molar-refractivity contribution in [1.29, 1.82) is 0 Å². The molecule has 0 aliphatic heterocycles.